The third kappa shape index (κ3) is 14.7. The fourth-order valence-corrected chi connectivity index (χ4v) is 26.1. The first kappa shape index (κ1) is 30.0. The molecule has 0 saturated carbocycles. The Hall–Kier alpha value is 0.949. The Labute approximate surface area is 200 Å². The topological polar surface area (TPSA) is 35.5 Å². The first-order chi connectivity index (χ1) is 15.1. The summed E-state index contributed by atoms with van der Waals surface area (Å²) in [5.74, 6) is 0. The van der Waals surface area contributed by atoms with Crippen molar-refractivity contribution in [3.8, 4) is 0 Å². The van der Waals surface area contributed by atoms with E-state index in [1.807, 2.05) is 0 Å². The molecule has 1 fully saturated rings. The van der Waals surface area contributed by atoms with Gasteiger partial charge in [-0.2, -0.15) is 0 Å². The van der Waals surface area contributed by atoms with Crippen molar-refractivity contribution in [2.45, 2.75) is 158 Å². The molecule has 0 spiro atoms. The second-order valence-electron chi connectivity index (χ2n) is 9.94. The summed E-state index contributed by atoms with van der Waals surface area (Å²) in [7, 11) is -2.69. The molecule has 3 nitrogen and oxygen atoms in total. The van der Waals surface area contributed by atoms with Crippen LogP contribution in [0.3, 0.4) is 0 Å². The van der Waals surface area contributed by atoms with Gasteiger partial charge in [0.1, 0.15) is 0 Å². The molecule has 0 aromatic carbocycles. The molecule has 0 radical (unpaired) electrons. The normalized spacial score (nSPS) is 17.0. The van der Waals surface area contributed by atoms with E-state index in [-0.39, 0.29) is 0 Å². The third-order valence-corrected chi connectivity index (χ3v) is 25.6. The van der Waals surface area contributed by atoms with Gasteiger partial charge in [-0.25, -0.2) is 0 Å². The Kier molecular flexibility index (Phi) is 18.6. The van der Waals surface area contributed by atoms with E-state index in [2.05, 4.69) is 20.8 Å². The van der Waals surface area contributed by atoms with Crippen LogP contribution in [0.2, 0.25) is 8.87 Å². The van der Waals surface area contributed by atoms with E-state index in [1.165, 1.54) is 122 Å². The van der Waals surface area contributed by atoms with E-state index >= 15 is 0 Å². The van der Waals surface area contributed by atoms with Crippen LogP contribution in [0.25, 0.3) is 0 Å². The Bertz CT molecular complexity index is 438. The molecule has 31 heavy (non-hydrogen) atoms. The van der Waals surface area contributed by atoms with E-state index < -0.39 is 26.8 Å². The summed E-state index contributed by atoms with van der Waals surface area (Å²) in [5, 5.41) is 0. The molecule has 0 aromatic rings. The molecule has 0 aromatic heterocycles. The van der Waals surface area contributed by atoms with Crippen molar-refractivity contribution in [1.29, 1.82) is 0 Å². The Morgan fingerprint density at radius 3 is 1.16 bits per heavy atom. The van der Waals surface area contributed by atoms with Crippen molar-refractivity contribution in [2.75, 3.05) is 6.16 Å². The molecule has 1 saturated heterocycles. The summed E-state index contributed by atoms with van der Waals surface area (Å²) in [5.41, 5.74) is 0. The molecule has 0 atom stereocenters. The maximum absolute atomic E-state index is 12.8. The summed E-state index contributed by atoms with van der Waals surface area (Å²) in [6, 6.07) is 0. The minimum atomic E-state index is -2.90. The minimum absolute atomic E-state index is 0.669. The van der Waals surface area contributed by atoms with E-state index in [4.69, 9.17) is 5.72 Å². The SMILES string of the molecule is CCCCCCCCCCCCCCCCCCP1(=O)[O][Sn]([CH2]CCC)([CH2]CCC)[O]1. The molecule has 0 aliphatic carbocycles. The number of hydrogen-bond donors (Lipinski definition) is 0. The van der Waals surface area contributed by atoms with Gasteiger partial charge >= 0.3 is 149 Å². The van der Waals surface area contributed by atoms with Crippen LogP contribution >= 0.6 is 7.60 Å². The molecule has 1 heterocycles. The predicted molar refractivity (Wildman–Crippen MR) is 139 cm³/mol. The standard InChI is InChI=1S/C18H39O3P.2C4H9.Sn/c1-2-3-4-5-6-7-8-9-10-11-12-13-14-15-16-17-18-22(19,20)21;2*1-3-4-2;/h2-18H2,1H3,(H2,19,20,21);2*1,3-4H2,2H3;/q;;;+2/p-2. The van der Waals surface area contributed by atoms with E-state index in [0.29, 0.717) is 6.16 Å². The molecule has 1 aliphatic rings. The van der Waals surface area contributed by atoms with Crippen LogP contribution in [0.5, 0.6) is 0 Å². The van der Waals surface area contributed by atoms with Gasteiger partial charge in [-0.1, -0.05) is 51.9 Å². The van der Waals surface area contributed by atoms with Crippen LogP contribution < -0.4 is 0 Å². The number of unbranched alkanes of at least 4 members (excludes halogenated alkanes) is 17. The van der Waals surface area contributed by atoms with E-state index in [9.17, 15) is 4.57 Å². The Balaban J connectivity index is 1.90. The van der Waals surface area contributed by atoms with Crippen LogP contribution in [0.1, 0.15) is 149 Å². The van der Waals surface area contributed by atoms with Gasteiger partial charge < -0.3 is 0 Å². The zero-order chi connectivity index (χ0) is 22.7. The molecule has 0 unspecified atom stereocenters. The predicted octanol–water partition coefficient (Wildman–Crippen LogP) is 10.5. The molecular formula is C26H55O3PSn. The van der Waals surface area contributed by atoms with Crippen LogP contribution in [0, 0.1) is 0 Å². The van der Waals surface area contributed by atoms with Crippen LogP contribution in [-0.2, 0) is 10.3 Å². The van der Waals surface area contributed by atoms with Gasteiger partial charge in [-0.15, -0.1) is 0 Å². The van der Waals surface area contributed by atoms with Gasteiger partial charge in [0, 0.05) is 0 Å². The van der Waals surface area contributed by atoms with Crippen LogP contribution in [0.4, 0.5) is 0 Å². The Morgan fingerprint density at radius 1 is 0.484 bits per heavy atom. The molecule has 0 amide bonds. The van der Waals surface area contributed by atoms with Crippen molar-refractivity contribution in [2.24, 2.45) is 0 Å². The van der Waals surface area contributed by atoms with E-state index in [0.717, 1.165) is 15.3 Å². The summed E-state index contributed by atoms with van der Waals surface area (Å²) >= 11 is -2.90. The first-order valence-corrected chi connectivity index (χ1v) is 22.2. The molecule has 1 rings (SSSR count). The monoisotopic (exact) mass is 566 g/mol. The first-order valence-electron chi connectivity index (χ1n) is 14.1. The van der Waals surface area contributed by atoms with E-state index in [1.54, 1.807) is 0 Å². The second kappa shape index (κ2) is 19.3. The quantitative estimate of drug-likeness (QED) is 0.0703. The number of rotatable bonds is 23. The molecule has 186 valence electrons. The van der Waals surface area contributed by atoms with Gasteiger partial charge in [0.25, 0.3) is 0 Å². The van der Waals surface area contributed by atoms with Crippen LogP contribution in [-0.4, -0.2) is 25.4 Å². The second-order valence-corrected chi connectivity index (χ2v) is 23.2. The van der Waals surface area contributed by atoms with Crippen molar-refractivity contribution >= 4 is 26.8 Å². The maximum atomic E-state index is 12.8. The Morgan fingerprint density at radius 2 is 0.806 bits per heavy atom. The van der Waals surface area contributed by atoms with Crippen molar-refractivity contribution in [1.82, 2.24) is 0 Å². The van der Waals surface area contributed by atoms with Crippen molar-refractivity contribution < 1.29 is 10.3 Å². The van der Waals surface area contributed by atoms with Gasteiger partial charge in [-0.05, 0) is 0 Å². The van der Waals surface area contributed by atoms with Crippen LogP contribution in [0.15, 0.2) is 0 Å². The average molecular weight is 565 g/mol. The zero-order valence-electron chi connectivity index (χ0n) is 21.4. The average Bonchev–Trinajstić information content (AvgIpc) is 2.74. The molecule has 0 N–H and O–H groups in total. The fraction of sp³-hybridized carbons (Fsp3) is 1.00. The van der Waals surface area contributed by atoms with Gasteiger partial charge in [-0.3, -0.25) is 0 Å². The molecule has 5 heteroatoms. The summed E-state index contributed by atoms with van der Waals surface area (Å²) in [4.78, 5) is 0. The molecular weight excluding hydrogens is 510 g/mol. The molecule has 0 bridgehead atoms. The zero-order valence-corrected chi connectivity index (χ0v) is 25.2. The molecule has 1 aliphatic heterocycles. The summed E-state index contributed by atoms with van der Waals surface area (Å²) in [6.07, 6.45) is 27.2. The van der Waals surface area contributed by atoms with Gasteiger partial charge in [0.05, 0.1) is 0 Å². The van der Waals surface area contributed by atoms with Crippen molar-refractivity contribution in [3.05, 3.63) is 0 Å². The van der Waals surface area contributed by atoms with Gasteiger partial charge in [0.2, 0.25) is 0 Å². The fourth-order valence-electron chi connectivity index (χ4n) is 4.66. The summed E-state index contributed by atoms with van der Waals surface area (Å²) in [6.45, 7) is 6.72. The third-order valence-electron chi connectivity index (χ3n) is 6.72. The van der Waals surface area contributed by atoms with Crippen molar-refractivity contribution in [3.63, 3.8) is 0 Å². The summed E-state index contributed by atoms with van der Waals surface area (Å²) < 4.78 is 27.3. The van der Waals surface area contributed by atoms with Gasteiger partial charge in [0.15, 0.2) is 0 Å². The number of hydrogen-bond acceptors (Lipinski definition) is 3.